The third kappa shape index (κ3) is 4.75. The first-order valence-corrected chi connectivity index (χ1v) is 15.7. The lowest BCUT2D eigenvalue weighted by molar-refractivity contribution is 0.669. The summed E-state index contributed by atoms with van der Waals surface area (Å²) in [5.74, 6) is 1.84. The molecular weight excluding hydrogens is 574 g/mol. The molecular formula is C43H27N3O. The average molecular weight is 602 g/mol. The fourth-order valence-electron chi connectivity index (χ4n) is 6.55. The minimum Gasteiger partial charge on any atom is -0.456 e. The first-order valence-electron chi connectivity index (χ1n) is 15.7. The Hall–Kier alpha value is -6.39. The van der Waals surface area contributed by atoms with Crippen molar-refractivity contribution in [2.45, 2.75) is 0 Å². The van der Waals surface area contributed by atoms with Crippen LogP contribution in [-0.2, 0) is 0 Å². The van der Waals surface area contributed by atoms with Crippen LogP contribution in [0.2, 0.25) is 0 Å². The van der Waals surface area contributed by atoms with Gasteiger partial charge in [0.1, 0.15) is 11.2 Å². The monoisotopic (exact) mass is 601 g/mol. The standard InChI is InChI=1S/C43H27N3O/c1-3-14-28(15-4-1)32-19-9-10-21-34(32)37-27-31(26-30-18-7-8-20-33(30)37)42-44-41(29-16-5-2-6-17-29)45-43(46-42)36-23-13-25-39-40(36)35-22-11-12-24-38(35)47-39/h1-27H. The van der Waals surface area contributed by atoms with E-state index < -0.39 is 0 Å². The van der Waals surface area contributed by atoms with Gasteiger partial charge < -0.3 is 4.42 Å². The van der Waals surface area contributed by atoms with Gasteiger partial charge in [-0.2, -0.15) is 0 Å². The number of nitrogens with zero attached hydrogens (tertiary/aromatic N) is 3. The summed E-state index contributed by atoms with van der Waals surface area (Å²) in [4.78, 5) is 15.4. The van der Waals surface area contributed by atoms with Crippen molar-refractivity contribution < 1.29 is 4.42 Å². The van der Waals surface area contributed by atoms with Gasteiger partial charge in [0, 0.05) is 27.5 Å². The second-order valence-electron chi connectivity index (χ2n) is 11.6. The van der Waals surface area contributed by atoms with Gasteiger partial charge in [0.25, 0.3) is 0 Å². The molecule has 0 amide bonds. The first kappa shape index (κ1) is 27.0. The van der Waals surface area contributed by atoms with Crippen molar-refractivity contribution in [1.82, 2.24) is 15.0 Å². The van der Waals surface area contributed by atoms with E-state index in [0.29, 0.717) is 17.5 Å². The van der Waals surface area contributed by atoms with Gasteiger partial charge in [-0.15, -0.1) is 0 Å². The van der Waals surface area contributed by atoms with Crippen LogP contribution >= 0.6 is 0 Å². The van der Waals surface area contributed by atoms with Gasteiger partial charge in [-0.3, -0.25) is 0 Å². The summed E-state index contributed by atoms with van der Waals surface area (Å²) in [6, 6.07) is 56.4. The van der Waals surface area contributed by atoms with Crippen molar-refractivity contribution in [2.24, 2.45) is 0 Å². The van der Waals surface area contributed by atoms with Crippen LogP contribution in [0.25, 0.3) is 89.1 Å². The molecule has 4 heteroatoms. The minimum atomic E-state index is 0.602. The van der Waals surface area contributed by atoms with E-state index >= 15 is 0 Å². The Kier molecular flexibility index (Phi) is 6.43. The number of rotatable bonds is 5. The van der Waals surface area contributed by atoms with Crippen LogP contribution in [0.5, 0.6) is 0 Å². The molecule has 0 bridgehead atoms. The van der Waals surface area contributed by atoms with E-state index in [-0.39, 0.29) is 0 Å². The maximum absolute atomic E-state index is 6.23. The molecule has 0 aliphatic carbocycles. The quantitative estimate of drug-likeness (QED) is 0.197. The van der Waals surface area contributed by atoms with Crippen molar-refractivity contribution in [3.8, 4) is 56.4 Å². The smallest absolute Gasteiger partial charge is 0.164 e. The molecule has 0 aliphatic rings. The molecule has 0 saturated carbocycles. The zero-order valence-electron chi connectivity index (χ0n) is 25.3. The zero-order valence-corrected chi connectivity index (χ0v) is 25.3. The Bertz CT molecular complexity index is 2570. The van der Waals surface area contributed by atoms with Crippen molar-refractivity contribution in [2.75, 3.05) is 0 Å². The van der Waals surface area contributed by atoms with Crippen LogP contribution in [0.4, 0.5) is 0 Å². The van der Waals surface area contributed by atoms with E-state index in [1.54, 1.807) is 0 Å². The second kappa shape index (κ2) is 11.2. The van der Waals surface area contributed by atoms with E-state index in [1.165, 1.54) is 16.5 Å². The highest BCUT2D eigenvalue weighted by Gasteiger charge is 2.19. The molecule has 4 nitrogen and oxygen atoms in total. The van der Waals surface area contributed by atoms with Crippen LogP contribution < -0.4 is 0 Å². The van der Waals surface area contributed by atoms with Crippen LogP contribution in [0.3, 0.4) is 0 Å². The van der Waals surface area contributed by atoms with Gasteiger partial charge in [0.2, 0.25) is 0 Å². The number of hydrogen-bond acceptors (Lipinski definition) is 4. The molecule has 0 spiro atoms. The summed E-state index contributed by atoms with van der Waals surface area (Å²) in [7, 11) is 0. The number of furan rings is 1. The second-order valence-corrected chi connectivity index (χ2v) is 11.6. The van der Waals surface area contributed by atoms with E-state index in [9.17, 15) is 0 Å². The highest BCUT2D eigenvalue weighted by atomic mass is 16.3. The van der Waals surface area contributed by atoms with E-state index in [2.05, 4.69) is 103 Å². The molecule has 47 heavy (non-hydrogen) atoms. The van der Waals surface area contributed by atoms with E-state index in [1.807, 2.05) is 60.7 Å². The number of para-hydroxylation sites is 1. The zero-order chi connectivity index (χ0) is 31.2. The van der Waals surface area contributed by atoms with E-state index in [0.717, 1.165) is 55.1 Å². The van der Waals surface area contributed by atoms with E-state index in [4.69, 9.17) is 19.4 Å². The fourth-order valence-corrected chi connectivity index (χ4v) is 6.55. The van der Waals surface area contributed by atoms with Gasteiger partial charge >= 0.3 is 0 Å². The third-order valence-electron chi connectivity index (χ3n) is 8.73. The summed E-state index contributed by atoms with van der Waals surface area (Å²) in [5.41, 5.74) is 9.03. The number of benzene rings is 7. The molecule has 0 radical (unpaired) electrons. The van der Waals surface area contributed by atoms with Crippen molar-refractivity contribution in [1.29, 1.82) is 0 Å². The summed E-state index contributed by atoms with van der Waals surface area (Å²) in [6.07, 6.45) is 0. The maximum Gasteiger partial charge on any atom is 0.164 e. The molecule has 220 valence electrons. The normalized spacial score (nSPS) is 11.4. The molecule has 0 unspecified atom stereocenters. The van der Waals surface area contributed by atoms with Gasteiger partial charge in [-0.05, 0) is 57.3 Å². The van der Waals surface area contributed by atoms with Gasteiger partial charge in [-0.25, -0.2) is 15.0 Å². The number of aromatic nitrogens is 3. The van der Waals surface area contributed by atoms with Gasteiger partial charge in [-0.1, -0.05) is 140 Å². The van der Waals surface area contributed by atoms with Gasteiger partial charge in [0.15, 0.2) is 17.5 Å². The largest absolute Gasteiger partial charge is 0.456 e. The predicted octanol–water partition coefficient (Wildman–Crippen LogP) is 11.3. The molecule has 2 heterocycles. The van der Waals surface area contributed by atoms with Crippen molar-refractivity contribution in [3.63, 3.8) is 0 Å². The predicted molar refractivity (Wildman–Crippen MR) is 192 cm³/mol. The molecule has 0 fully saturated rings. The van der Waals surface area contributed by atoms with Crippen LogP contribution in [0, 0.1) is 0 Å². The first-order chi connectivity index (χ1) is 23.3. The van der Waals surface area contributed by atoms with Crippen LogP contribution in [-0.4, -0.2) is 15.0 Å². The molecule has 0 N–H and O–H groups in total. The lowest BCUT2D eigenvalue weighted by Crippen LogP contribution is -2.01. The van der Waals surface area contributed by atoms with Crippen LogP contribution in [0.15, 0.2) is 168 Å². The highest BCUT2D eigenvalue weighted by Crippen LogP contribution is 2.40. The molecule has 0 atom stereocenters. The summed E-state index contributed by atoms with van der Waals surface area (Å²) >= 11 is 0. The fraction of sp³-hybridized carbons (Fsp3) is 0. The molecule has 7 aromatic carbocycles. The summed E-state index contributed by atoms with van der Waals surface area (Å²) in [6.45, 7) is 0. The third-order valence-corrected chi connectivity index (χ3v) is 8.73. The van der Waals surface area contributed by atoms with Gasteiger partial charge in [0.05, 0.1) is 0 Å². The Labute approximate surface area is 271 Å². The SMILES string of the molecule is c1ccc(-c2nc(-c3cc(-c4ccccc4-c4ccccc4)c4ccccc4c3)nc(-c3cccc4oc5ccccc5c34)n2)cc1. The van der Waals surface area contributed by atoms with Crippen LogP contribution in [0.1, 0.15) is 0 Å². The Morgan fingerprint density at radius 1 is 0.340 bits per heavy atom. The maximum atomic E-state index is 6.23. The molecule has 0 saturated heterocycles. The molecule has 2 aromatic heterocycles. The van der Waals surface area contributed by atoms with Crippen molar-refractivity contribution >= 4 is 32.7 Å². The number of hydrogen-bond donors (Lipinski definition) is 0. The molecule has 9 aromatic rings. The lowest BCUT2D eigenvalue weighted by Gasteiger charge is -2.15. The number of fused-ring (bicyclic) bond motifs is 4. The van der Waals surface area contributed by atoms with Crippen molar-refractivity contribution in [3.05, 3.63) is 164 Å². The molecule has 9 rings (SSSR count). The Morgan fingerprint density at radius 2 is 0.915 bits per heavy atom. The Balaban J connectivity index is 1.31. The summed E-state index contributed by atoms with van der Waals surface area (Å²) in [5, 5.41) is 4.32. The summed E-state index contributed by atoms with van der Waals surface area (Å²) < 4.78 is 6.23. The minimum absolute atomic E-state index is 0.602. The Morgan fingerprint density at radius 3 is 1.72 bits per heavy atom. The lowest BCUT2D eigenvalue weighted by atomic mass is 9.90. The average Bonchev–Trinajstić information content (AvgIpc) is 3.54. The highest BCUT2D eigenvalue weighted by molar-refractivity contribution is 6.12. The topological polar surface area (TPSA) is 51.8 Å². The molecule has 0 aliphatic heterocycles.